The summed E-state index contributed by atoms with van der Waals surface area (Å²) in [6.07, 6.45) is 0.744. The molecule has 1 aromatic carbocycles. The molecule has 0 bridgehead atoms. The maximum absolute atomic E-state index is 11.9. The molecule has 0 saturated heterocycles. The number of rotatable bonds is 5. The Morgan fingerprint density at radius 1 is 1.35 bits per heavy atom. The Hall–Kier alpha value is -1.61. The van der Waals surface area contributed by atoms with Gasteiger partial charge in [0.1, 0.15) is 0 Å². The molecule has 0 spiro atoms. The molecule has 3 nitrogen and oxygen atoms in total. The zero-order chi connectivity index (χ0) is 12.8. The van der Waals surface area contributed by atoms with Gasteiger partial charge in [0.25, 0.3) is 0 Å². The van der Waals surface area contributed by atoms with E-state index >= 15 is 0 Å². The summed E-state index contributed by atoms with van der Waals surface area (Å²) in [7, 11) is 0. The molecule has 0 saturated carbocycles. The van der Waals surface area contributed by atoms with Crippen LogP contribution in [0.4, 0.5) is 0 Å². The molecule has 17 heavy (non-hydrogen) atoms. The fourth-order valence-corrected chi connectivity index (χ4v) is 1.66. The highest BCUT2D eigenvalue weighted by Gasteiger charge is 2.21. The fourth-order valence-electron chi connectivity index (χ4n) is 1.66. The first-order valence-corrected chi connectivity index (χ1v) is 5.72. The van der Waals surface area contributed by atoms with Crippen LogP contribution in [-0.4, -0.2) is 17.1 Å². The van der Waals surface area contributed by atoms with Crippen molar-refractivity contribution < 1.29 is 9.90 Å². The SMILES string of the molecule is C=CC(C(=O)N[C@H](C)c1ccccc1)C(C)O. The lowest BCUT2D eigenvalue weighted by Crippen LogP contribution is -2.36. The number of aliphatic hydroxyl groups is 1. The summed E-state index contributed by atoms with van der Waals surface area (Å²) in [5.41, 5.74) is 1.04. The van der Waals surface area contributed by atoms with Crippen molar-refractivity contribution in [2.45, 2.75) is 26.0 Å². The van der Waals surface area contributed by atoms with Crippen molar-refractivity contribution in [2.75, 3.05) is 0 Å². The van der Waals surface area contributed by atoms with Gasteiger partial charge in [-0.05, 0) is 19.4 Å². The highest BCUT2D eigenvalue weighted by molar-refractivity contribution is 5.81. The summed E-state index contributed by atoms with van der Waals surface area (Å²) in [5.74, 6) is -0.771. The number of benzene rings is 1. The standard InChI is InChI=1S/C14H19NO2/c1-4-13(11(3)16)14(17)15-10(2)12-8-6-5-7-9-12/h4-11,13,16H,1H2,2-3H3,(H,15,17)/t10-,11?,13?/m1/s1. The summed E-state index contributed by atoms with van der Waals surface area (Å²) >= 11 is 0. The molecule has 2 unspecified atom stereocenters. The molecule has 3 heteroatoms. The van der Waals surface area contributed by atoms with Crippen LogP contribution < -0.4 is 5.32 Å². The van der Waals surface area contributed by atoms with Gasteiger partial charge < -0.3 is 10.4 Å². The van der Waals surface area contributed by atoms with Gasteiger partial charge in [0.2, 0.25) is 5.91 Å². The molecular weight excluding hydrogens is 214 g/mol. The molecule has 0 fully saturated rings. The van der Waals surface area contributed by atoms with Gasteiger partial charge >= 0.3 is 0 Å². The van der Waals surface area contributed by atoms with E-state index in [0.717, 1.165) is 5.56 Å². The van der Waals surface area contributed by atoms with Crippen LogP contribution in [0.25, 0.3) is 0 Å². The Balaban J connectivity index is 2.66. The topological polar surface area (TPSA) is 49.3 Å². The summed E-state index contributed by atoms with van der Waals surface area (Å²) in [6, 6.07) is 9.62. The Morgan fingerprint density at radius 2 is 1.94 bits per heavy atom. The van der Waals surface area contributed by atoms with Crippen molar-refractivity contribution in [2.24, 2.45) is 5.92 Å². The van der Waals surface area contributed by atoms with E-state index in [-0.39, 0.29) is 11.9 Å². The number of amides is 1. The molecule has 2 N–H and O–H groups in total. The van der Waals surface area contributed by atoms with Crippen LogP contribution in [0.15, 0.2) is 43.0 Å². The van der Waals surface area contributed by atoms with E-state index in [4.69, 9.17) is 0 Å². The van der Waals surface area contributed by atoms with E-state index in [0.29, 0.717) is 0 Å². The summed E-state index contributed by atoms with van der Waals surface area (Å²) in [4.78, 5) is 11.9. The summed E-state index contributed by atoms with van der Waals surface area (Å²) in [6.45, 7) is 7.06. The minimum atomic E-state index is -0.726. The zero-order valence-corrected chi connectivity index (χ0v) is 10.3. The molecule has 92 valence electrons. The predicted octanol–water partition coefficient (Wildman–Crippen LogP) is 2.05. The Labute approximate surface area is 102 Å². The number of nitrogens with one attached hydrogen (secondary N) is 1. The van der Waals surface area contributed by atoms with Crippen molar-refractivity contribution in [3.63, 3.8) is 0 Å². The first-order chi connectivity index (χ1) is 8.06. The second-order valence-corrected chi connectivity index (χ2v) is 4.14. The lowest BCUT2D eigenvalue weighted by molar-refractivity contribution is -0.126. The molecule has 1 rings (SSSR count). The number of hydrogen-bond donors (Lipinski definition) is 2. The molecular formula is C14H19NO2. The maximum atomic E-state index is 11.9. The molecule has 0 radical (unpaired) electrons. The van der Waals surface area contributed by atoms with E-state index < -0.39 is 12.0 Å². The molecule has 0 aliphatic rings. The average molecular weight is 233 g/mol. The van der Waals surface area contributed by atoms with Crippen molar-refractivity contribution in [3.05, 3.63) is 48.6 Å². The third kappa shape index (κ3) is 3.71. The van der Waals surface area contributed by atoms with Crippen molar-refractivity contribution in [1.29, 1.82) is 0 Å². The maximum Gasteiger partial charge on any atom is 0.229 e. The van der Waals surface area contributed by atoms with Crippen molar-refractivity contribution >= 4 is 5.91 Å². The van der Waals surface area contributed by atoms with Crippen LogP contribution in [0.5, 0.6) is 0 Å². The van der Waals surface area contributed by atoms with E-state index in [1.807, 2.05) is 37.3 Å². The molecule has 0 aliphatic carbocycles. The number of aliphatic hydroxyl groups excluding tert-OH is 1. The van der Waals surface area contributed by atoms with Crippen LogP contribution in [-0.2, 0) is 4.79 Å². The largest absolute Gasteiger partial charge is 0.392 e. The second-order valence-electron chi connectivity index (χ2n) is 4.14. The monoisotopic (exact) mass is 233 g/mol. The fraction of sp³-hybridized carbons (Fsp3) is 0.357. The molecule has 0 heterocycles. The van der Waals surface area contributed by atoms with Crippen molar-refractivity contribution in [1.82, 2.24) is 5.32 Å². The van der Waals surface area contributed by atoms with Crippen LogP contribution in [0.1, 0.15) is 25.5 Å². The van der Waals surface area contributed by atoms with Crippen LogP contribution in [0.2, 0.25) is 0 Å². The molecule has 1 aromatic rings. The minimum Gasteiger partial charge on any atom is -0.392 e. The number of hydrogen-bond acceptors (Lipinski definition) is 2. The third-order valence-electron chi connectivity index (χ3n) is 2.73. The van der Waals surface area contributed by atoms with E-state index in [1.165, 1.54) is 6.08 Å². The van der Waals surface area contributed by atoms with Crippen LogP contribution in [0, 0.1) is 5.92 Å². The van der Waals surface area contributed by atoms with Gasteiger partial charge in [-0.2, -0.15) is 0 Å². The number of carbonyl (C=O) groups excluding carboxylic acids is 1. The molecule has 0 aromatic heterocycles. The van der Waals surface area contributed by atoms with E-state index in [9.17, 15) is 9.90 Å². The van der Waals surface area contributed by atoms with Crippen molar-refractivity contribution in [3.8, 4) is 0 Å². The van der Waals surface area contributed by atoms with E-state index in [2.05, 4.69) is 11.9 Å². The Morgan fingerprint density at radius 3 is 2.41 bits per heavy atom. The highest BCUT2D eigenvalue weighted by atomic mass is 16.3. The Kier molecular flexibility index (Phi) is 4.91. The zero-order valence-electron chi connectivity index (χ0n) is 10.3. The molecule has 3 atom stereocenters. The third-order valence-corrected chi connectivity index (χ3v) is 2.73. The van der Waals surface area contributed by atoms with Gasteiger partial charge in [0.15, 0.2) is 0 Å². The Bertz CT molecular complexity index is 373. The van der Waals surface area contributed by atoms with Crippen LogP contribution >= 0.6 is 0 Å². The predicted molar refractivity (Wildman–Crippen MR) is 68.4 cm³/mol. The number of carbonyl (C=O) groups is 1. The first-order valence-electron chi connectivity index (χ1n) is 5.72. The summed E-state index contributed by atoms with van der Waals surface area (Å²) < 4.78 is 0. The van der Waals surface area contributed by atoms with Crippen LogP contribution in [0.3, 0.4) is 0 Å². The average Bonchev–Trinajstić information content (AvgIpc) is 2.30. The van der Waals surface area contributed by atoms with Gasteiger partial charge in [-0.1, -0.05) is 36.4 Å². The van der Waals surface area contributed by atoms with Gasteiger partial charge in [0, 0.05) is 0 Å². The highest BCUT2D eigenvalue weighted by Crippen LogP contribution is 2.13. The first kappa shape index (κ1) is 13.5. The van der Waals surface area contributed by atoms with Gasteiger partial charge in [-0.15, -0.1) is 6.58 Å². The second kappa shape index (κ2) is 6.21. The minimum absolute atomic E-state index is 0.0788. The molecule has 0 aliphatic heterocycles. The normalized spacial score (nSPS) is 15.7. The lowest BCUT2D eigenvalue weighted by Gasteiger charge is -2.19. The summed E-state index contributed by atoms with van der Waals surface area (Å²) in [5, 5.41) is 12.3. The quantitative estimate of drug-likeness (QED) is 0.765. The lowest BCUT2D eigenvalue weighted by atomic mass is 10.0. The van der Waals surface area contributed by atoms with E-state index in [1.54, 1.807) is 6.92 Å². The molecule has 1 amide bonds. The van der Waals surface area contributed by atoms with Gasteiger partial charge in [0.05, 0.1) is 18.1 Å². The van der Waals surface area contributed by atoms with Gasteiger partial charge in [-0.3, -0.25) is 4.79 Å². The van der Waals surface area contributed by atoms with Gasteiger partial charge in [-0.25, -0.2) is 0 Å². The smallest absolute Gasteiger partial charge is 0.229 e.